The average Bonchev–Trinajstić information content (AvgIpc) is 2.46. The van der Waals surface area contributed by atoms with Crippen LogP contribution in [0.4, 0.5) is 10.1 Å². The molecule has 5 heteroatoms. The highest BCUT2D eigenvalue weighted by Crippen LogP contribution is 2.17. The molecule has 0 atom stereocenters. The third-order valence-electron chi connectivity index (χ3n) is 3.10. The summed E-state index contributed by atoms with van der Waals surface area (Å²) in [6.45, 7) is 1.94. The molecule has 2 aromatic carbocycles. The summed E-state index contributed by atoms with van der Waals surface area (Å²) in [5, 5.41) is 11.3. The van der Waals surface area contributed by atoms with Gasteiger partial charge in [-0.25, -0.2) is 9.18 Å². The van der Waals surface area contributed by atoms with E-state index in [1.807, 2.05) is 19.1 Å². The number of halogens is 1. The van der Waals surface area contributed by atoms with E-state index in [2.05, 4.69) is 5.32 Å². The molecule has 0 saturated carbocycles. The molecular weight excluding hydrogens is 273 g/mol. The van der Waals surface area contributed by atoms with Gasteiger partial charge < -0.3 is 10.4 Å². The zero-order valence-electron chi connectivity index (χ0n) is 11.4. The topological polar surface area (TPSA) is 66.4 Å². The molecule has 2 N–H and O–H groups in total. The van der Waals surface area contributed by atoms with E-state index in [0.29, 0.717) is 12.0 Å². The van der Waals surface area contributed by atoms with Crippen LogP contribution in [0.3, 0.4) is 0 Å². The van der Waals surface area contributed by atoms with Gasteiger partial charge in [0.2, 0.25) is 0 Å². The van der Waals surface area contributed by atoms with Crippen LogP contribution in [0.25, 0.3) is 0 Å². The monoisotopic (exact) mass is 287 g/mol. The first-order chi connectivity index (χ1) is 10.0. The Morgan fingerprint density at radius 3 is 2.48 bits per heavy atom. The lowest BCUT2D eigenvalue weighted by Crippen LogP contribution is -2.14. The second-order valence-electron chi connectivity index (χ2n) is 4.46. The fourth-order valence-electron chi connectivity index (χ4n) is 2.01. The zero-order valence-corrected chi connectivity index (χ0v) is 11.4. The van der Waals surface area contributed by atoms with Gasteiger partial charge in [0, 0.05) is 11.3 Å². The highest BCUT2D eigenvalue weighted by Gasteiger charge is 2.13. The molecule has 0 radical (unpaired) electrons. The van der Waals surface area contributed by atoms with Gasteiger partial charge in [-0.05, 0) is 36.2 Å². The first-order valence-electron chi connectivity index (χ1n) is 6.45. The predicted molar refractivity (Wildman–Crippen MR) is 77.1 cm³/mol. The highest BCUT2D eigenvalue weighted by atomic mass is 19.1. The number of nitrogens with one attached hydrogen (secondary N) is 1. The normalized spacial score (nSPS) is 10.2. The molecule has 21 heavy (non-hydrogen) atoms. The van der Waals surface area contributed by atoms with Crippen LogP contribution in [0, 0.1) is 5.82 Å². The fourth-order valence-corrected chi connectivity index (χ4v) is 2.01. The Hall–Kier alpha value is -2.69. The molecule has 0 fully saturated rings. The zero-order chi connectivity index (χ0) is 15.4. The third-order valence-corrected chi connectivity index (χ3v) is 3.10. The van der Waals surface area contributed by atoms with Gasteiger partial charge in [0.1, 0.15) is 5.82 Å². The van der Waals surface area contributed by atoms with Crippen LogP contribution in [0.5, 0.6) is 0 Å². The van der Waals surface area contributed by atoms with Gasteiger partial charge in [-0.15, -0.1) is 0 Å². The molecule has 0 aliphatic rings. The predicted octanol–water partition coefficient (Wildman–Crippen LogP) is 3.34. The lowest BCUT2D eigenvalue weighted by molar-refractivity contribution is 0.0692. The van der Waals surface area contributed by atoms with E-state index in [1.165, 1.54) is 6.07 Å². The van der Waals surface area contributed by atoms with Gasteiger partial charge in [0.25, 0.3) is 5.91 Å². The third kappa shape index (κ3) is 3.25. The number of benzene rings is 2. The van der Waals surface area contributed by atoms with Crippen LogP contribution in [-0.2, 0) is 6.42 Å². The minimum Gasteiger partial charge on any atom is -0.478 e. The Labute approximate surface area is 121 Å². The van der Waals surface area contributed by atoms with Crippen molar-refractivity contribution >= 4 is 17.6 Å². The van der Waals surface area contributed by atoms with E-state index in [0.717, 1.165) is 17.7 Å². The number of hydrogen-bond donors (Lipinski definition) is 2. The number of amides is 1. The van der Waals surface area contributed by atoms with Crippen LogP contribution in [-0.4, -0.2) is 17.0 Å². The van der Waals surface area contributed by atoms with E-state index >= 15 is 0 Å². The van der Waals surface area contributed by atoms with Crippen LogP contribution >= 0.6 is 0 Å². The lowest BCUT2D eigenvalue weighted by Gasteiger charge is -2.09. The van der Waals surface area contributed by atoms with E-state index in [4.69, 9.17) is 5.11 Å². The largest absolute Gasteiger partial charge is 0.478 e. The Balaban J connectivity index is 2.24. The van der Waals surface area contributed by atoms with Crippen LogP contribution in [0.2, 0.25) is 0 Å². The van der Waals surface area contributed by atoms with E-state index in [9.17, 15) is 14.0 Å². The first-order valence-corrected chi connectivity index (χ1v) is 6.45. The number of carbonyl (C=O) groups excluding carboxylic acids is 1. The van der Waals surface area contributed by atoms with Crippen molar-refractivity contribution in [2.24, 2.45) is 0 Å². The second-order valence-corrected chi connectivity index (χ2v) is 4.46. The van der Waals surface area contributed by atoms with Crippen molar-refractivity contribution < 1.29 is 19.1 Å². The molecule has 1 amide bonds. The molecule has 108 valence electrons. The average molecular weight is 287 g/mol. The van der Waals surface area contributed by atoms with Crippen molar-refractivity contribution in [2.75, 3.05) is 5.32 Å². The van der Waals surface area contributed by atoms with Crippen LogP contribution in [0.15, 0.2) is 42.5 Å². The van der Waals surface area contributed by atoms with Gasteiger partial charge in [-0.1, -0.05) is 25.1 Å². The molecule has 0 heterocycles. The second kappa shape index (κ2) is 6.17. The van der Waals surface area contributed by atoms with Gasteiger partial charge >= 0.3 is 5.97 Å². The van der Waals surface area contributed by atoms with Crippen molar-refractivity contribution in [2.45, 2.75) is 13.3 Å². The standard InChI is InChI=1S/C16H14FNO3/c1-2-10-5-3-4-6-12(10)15(19)18-11-7-8-13(16(20)21)14(17)9-11/h3-9H,2H2,1H3,(H,18,19)(H,20,21). The molecule has 0 saturated heterocycles. The molecule has 0 aliphatic heterocycles. The molecular formula is C16H14FNO3. The van der Waals surface area contributed by atoms with E-state index in [-0.39, 0.29) is 11.6 Å². The molecule has 0 aliphatic carbocycles. The Morgan fingerprint density at radius 1 is 1.14 bits per heavy atom. The van der Waals surface area contributed by atoms with Crippen molar-refractivity contribution in [1.82, 2.24) is 0 Å². The molecule has 0 spiro atoms. The molecule has 4 nitrogen and oxygen atoms in total. The summed E-state index contributed by atoms with van der Waals surface area (Å²) in [7, 11) is 0. The SMILES string of the molecule is CCc1ccccc1C(=O)Nc1ccc(C(=O)O)c(F)c1. The van der Waals surface area contributed by atoms with Crippen LogP contribution in [0.1, 0.15) is 33.2 Å². The molecule has 2 aromatic rings. The van der Waals surface area contributed by atoms with E-state index in [1.54, 1.807) is 12.1 Å². The Bertz CT molecular complexity index is 698. The first kappa shape index (κ1) is 14.7. The number of aryl methyl sites for hydroxylation is 1. The highest BCUT2D eigenvalue weighted by molar-refractivity contribution is 6.05. The van der Waals surface area contributed by atoms with Gasteiger partial charge in [-0.2, -0.15) is 0 Å². The maximum atomic E-state index is 13.6. The summed E-state index contributed by atoms with van der Waals surface area (Å²) in [4.78, 5) is 22.9. The summed E-state index contributed by atoms with van der Waals surface area (Å²) in [5.74, 6) is -2.58. The Kier molecular flexibility index (Phi) is 4.33. The summed E-state index contributed by atoms with van der Waals surface area (Å²) < 4.78 is 13.6. The number of carboxylic acids is 1. The maximum Gasteiger partial charge on any atom is 0.338 e. The summed E-state index contributed by atoms with van der Waals surface area (Å²) in [6, 6.07) is 10.6. The summed E-state index contributed by atoms with van der Waals surface area (Å²) in [5.41, 5.74) is 1.19. The van der Waals surface area contributed by atoms with Crippen LogP contribution < -0.4 is 5.32 Å². The number of rotatable bonds is 4. The Morgan fingerprint density at radius 2 is 1.86 bits per heavy atom. The lowest BCUT2D eigenvalue weighted by atomic mass is 10.0. The van der Waals surface area contributed by atoms with Gasteiger partial charge in [0.15, 0.2) is 0 Å². The minimum atomic E-state index is -1.35. The van der Waals surface area contributed by atoms with Crippen molar-refractivity contribution in [3.05, 3.63) is 65.0 Å². The molecule has 0 aromatic heterocycles. The maximum absolute atomic E-state index is 13.6. The van der Waals surface area contributed by atoms with E-state index < -0.39 is 17.3 Å². The number of anilines is 1. The van der Waals surface area contributed by atoms with Crippen molar-refractivity contribution in [3.63, 3.8) is 0 Å². The summed E-state index contributed by atoms with van der Waals surface area (Å²) in [6.07, 6.45) is 0.704. The van der Waals surface area contributed by atoms with Gasteiger partial charge in [-0.3, -0.25) is 4.79 Å². The van der Waals surface area contributed by atoms with Crippen molar-refractivity contribution in [1.29, 1.82) is 0 Å². The molecule has 0 bridgehead atoms. The number of aromatic carboxylic acids is 1. The number of carbonyl (C=O) groups is 2. The molecule has 0 unspecified atom stereocenters. The minimum absolute atomic E-state index is 0.216. The summed E-state index contributed by atoms with van der Waals surface area (Å²) >= 11 is 0. The smallest absolute Gasteiger partial charge is 0.338 e. The quantitative estimate of drug-likeness (QED) is 0.906. The van der Waals surface area contributed by atoms with Gasteiger partial charge in [0.05, 0.1) is 5.56 Å². The number of hydrogen-bond acceptors (Lipinski definition) is 2. The fraction of sp³-hybridized carbons (Fsp3) is 0.125. The molecule has 2 rings (SSSR count). The van der Waals surface area contributed by atoms with Crippen molar-refractivity contribution in [3.8, 4) is 0 Å². The number of carboxylic acid groups (broad SMARTS) is 1.